The number of morpholine rings is 1. The summed E-state index contributed by atoms with van der Waals surface area (Å²) in [5.41, 5.74) is -0.0793. The fourth-order valence-corrected chi connectivity index (χ4v) is 2.19. The van der Waals surface area contributed by atoms with E-state index in [1.807, 2.05) is 6.07 Å². The summed E-state index contributed by atoms with van der Waals surface area (Å²) < 4.78 is 5.30. The normalized spacial score (nSPS) is 18.5. The summed E-state index contributed by atoms with van der Waals surface area (Å²) in [5, 5.41) is 13.3. The monoisotopic (exact) mass is 294 g/mol. The molecule has 0 amide bonds. The Morgan fingerprint density at radius 3 is 2.76 bits per heavy atom. The minimum Gasteiger partial charge on any atom is -0.390 e. The molecule has 0 bridgehead atoms. The van der Waals surface area contributed by atoms with Gasteiger partial charge in [0.2, 0.25) is 0 Å². The van der Waals surface area contributed by atoms with Crippen LogP contribution in [0.4, 0.5) is 5.82 Å². The van der Waals surface area contributed by atoms with Crippen molar-refractivity contribution in [1.82, 2.24) is 14.9 Å². The number of anilines is 1. The highest BCUT2D eigenvalue weighted by Crippen LogP contribution is 2.18. The van der Waals surface area contributed by atoms with Crippen LogP contribution < -0.4 is 5.32 Å². The summed E-state index contributed by atoms with van der Waals surface area (Å²) in [5.74, 6) is 1.56. The average molecular weight is 294 g/mol. The molecule has 0 saturated carbocycles. The molecule has 0 radical (unpaired) electrons. The molecule has 6 nitrogen and oxygen atoms in total. The van der Waals surface area contributed by atoms with E-state index in [1.165, 1.54) is 0 Å². The lowest BCUT2D eigenvalue weighted by Crippen LogP contribution is -2.42. The van der Waals surface area contributed by atoms with Gasteiger partial charge in [-0.1, -0.05) is 20.8 Å². The van der Waals surface area contributed by atoms with Gasteiger partial charge in [0.05, 0.1) is 19.3 Å². The van der Waals surface area contributed by atoms with E-state index >= 15 is 0 Å². The molecule has 1 aliphatic rings. The van der Waals surface area contributed by atoms with Crippen LogP contribution in [0.25, 0.3) is 0 Å². The van der Waals surface area contributed by atoms with Crippen molar-refractivity contribution in [3.05, 3.63) is 18.1 Å². The van der Waals surface area contributed by atoms with Crippen molar-refractivity contribution >= 4 is 5.82 Å². The van der Waals surface area contributed by atoms with E-state index in [2.05, 4.69) is 41.0 Å². The van der Waals surface area contributed by atoms with Crippen LogP contribution >= 0.6 is 0 Å². The van der Waals surface area contributed by atoms with Gasteiger partial charge in [0.25, 0.3) is 0 Å². The Labute approximate surface area is 126 Å². The van der Waals surface area contributed by atoms with Crippen molar-refractivity contribution in [3.63, 3.8) is 0 Å². The number of aliphatic hydroxyl groups is 1. The zero-order valence-corrected chi connectivity index (χ0v) is 13.2. The van der Waals surface area contributed by atoms with Gasteiger partial charge in [0, 0.05) is 37.8 Å². The van der Waals surface area contributed by atoms with E-state index in [4.69, 9.17) is 4.74 Å². The standard InChI is InChI=1S/C15H26N4O2/c1-15(2,3)14-16-5-4-13(18-14)17-10-12(20)11-19-6-8-21-9-7-19/h4-5,12,20H,6-11H2,1-3H3,(H,16,17,18)/t12-/m1/s1. The van der Waals surface area contributed by atoms with Gasteiger partial charge in [-0.25, -0.2) is 9.97 Å². The van der Waals surface area contributed by atoms with Crippen LogP contribution in [0, 0.1) is 0 Å². The van der Waals surface area contributed by atoms with Crippen molar-refractivity contribution < 1.29 is 9.84 Å². The summed E-state index contributed by atoms with van der Waals surface area (Å²) in [4.78, 5) is 11.0. The zero-order valence-electron chi connectivity index (χ0n) is 13.2. The van der Waals surface area contributed by atoms with Crippen molar-refractivity contribution in [3.8, 4) is 0 Å². The Hall–Kier alpha value is -1.24. The molecule has 1 atom stereocenters. The molecule has 0 unspecified atom stereocenters. The summed E-state index contributed by atoms with van der Waals surface area (Å²) in [7, 11) is 0. The molecule has 0 spiro atoms. The lowest BCUT2D eigenvalue weighted by Gasteiger charge is -2.28. The van der Waals surface area contributed by atoms with E-state index in [-0.39, 0.29) is 5.41 Å². The first-order valence-electron chi connectivity index (χ1n) is 7.51. The Bertz CT molecular complexity index is 442. The zero-order chi connectivity index (χ0) is 15.3. The molecular weight excluding hydrogens is 268 g/mol. The fraction of sp³-hybridized carbons (Fsp3) is 0.733. The first-order valence-corrected chi connectivity index (χ1v) is 7.51. The SMILES string of the molecule is CC(C)(C)c1nccc(NC[C@@H](O)CN2CCOCC2)n1. The summed E-state index contributed by atoms with van der Waals surface area (Å²) in [6.07, 6.45) is 1.33. The maximum atomic E-state index is 10.1. The predicted molar refractivity (Wildman–Crippen MR) is 82.5 cm³/mol. The molecule has 1 aliphatic heterocycles. The largest absolute Gasteiger partial charge is 0.390 e. The summed E-state index contributed by atoms with van der Waals surface area (Å²) in [6, 6.07) is 1.83. The van der Waals surface area contributed by atoms with Crippen LogP contribution in [-0.4, -0.2) is 65.5 Å². The van der Waals surface area contributed by atoms with Crippen LogP contribution in [0.5, 0.6) is 0 Å². The first kappa shape index (κ1) is 16.1. The van der Waals surface area contributed by atoms with Crippen molar-refractivity contribution in [1.29, 1.82) is 0 Å². The molecule has 0 aliphatic carbocycles. The van der Waals surface area contributed by atoms with E-state index in [9.17, 15) is 5.11 Å². The predicted octanol–water partition coefficient (Wildman–Crippen LogP) is 0.879. The highest BCUT2D eigenvalue weighted by molar-refractivity contribution is 5.33. The van der Waals surface area contributed by atoms with Crippen LogP contribution in [0.2, 0.25) is 0 Å². The summed E-state index contributed by atoms with van der Waals surface area (Å²) in [6.45, 7) is 10.7. The molecule has 1 fully saturated rings. The number of ether oxygens (including phenoxy) is 1. The number of nitrogens with zero attached hydrogens (tertiary/aromatic N) is 3. The van der Waals surface area contributed by atoms with Crippen molar-refractivity contribution in [2.45, 2.75) is 32.3 Å². The topological polar surface area (TPSA) is 70.5 Å². The van der Waals surface area contributed by atoms with Gasteiger partial charge < -0.3 is 15.2 Å². The summed E-state index contributed by atoms with van der Waals surface area (Å²) >= 11 is 0. The highest BCUT2D eigenvalue weighted by atomic mass is 16.5. The third kappa shape index (κ3) is 5.22. The van der Waals surface area contributed by atoms with Crippen molar-refractivity contribution in [2.75, 3.05) is 44.7 Å². The molecule has 1 aromatic rings. The van der Waals surface area contributed by atoms with Crippen molar-refractivity contribution in [2.24, 2.45) is 0 Å². The highest BCUT2D eigenvalue weighted by Gasteiger charge is 2.18. The van der Waals surface area contributed by atoms with E-state index in [0.29, 0.717) is 13.1 Å². The average Bonchev–Trinajstić information content (AvgIpc) is 2.46. The number of aliphatic hydroxyl groups excluding tert-OH is 1. The number of nitrogens with one attached hydrogen (secondary N) is 1. The number of hydrogen-bond acceptors (Lipinski definition) is 6. The Morgan fingerprint density at radius 2 is 2.10 bits per heavy atom. The minimum absolute atomic E-state index is 0.0793. The molecular formula is C15H26N4O2. The van der Waals surface area contributed by atoms with E-state index in [0.717, 1.165) is 37.9 Å². The minimum atomic E-state index is -0.420. The van der Waals surface area contributed by atoms with Gasteiger partial charge in [-0.05, 0) is 6.07 Å². The van der Waals surface area contributed by atoms with Gasteiger partial charge in [-0.3, -0.25) is 4.90 Å². The van der Waals surface area contributed by atoms with Gasteiger partial charge in [-0.2, -0.15) is 0 Å². The number of rotatable bonds is 5. The molecule has 2 heterocycles. The van der Waals surface area contributed by atoms with Crippen LogP contribution in [0.15, 0.2) is 12.3 Å². The first-order chi connectivity index (χ1) is 9.95. The van der Waals surface area contributed by atoms with Crippen LogP contribution in [-0.2, 0) is 10.2 Å². The lowest BCUT2D eigenvalue weighted by atomic mass is 9.96. The van der Waals surface area contributed by atoms with Crippen LogP contribution in [0.3, 0.4) is 0 Å². The Balaban J connectivity index is 1.82. The second kappa shape index (κ2) is 7.15. The van der Waals surface area contributed by atoms with Gasteiger partial charge in [0.15, 0.2) is 0 Å². The Morgan fingerprint density at radius 1 is 1.38 bits per heavy atom. The van der Waals surface area contributed by atoms with Crippen LogP contribution in [0.1, 0.15) is 26.6 Å². The molecule has 118 valence electrons. The second-order valence-corrected chi connectivity index (χ2v) is 6.46. The van der Waals surface area contributed by atoms with Gasteiger partial charge >= 0.3 is 0 Å². The molecule has 1 saturated heterocycles. The lowest BCUT2D eigenvalue weighted by molar-refractivity contribution is 0.0171. The molecule has 21 heavy (non-hydrogen) atoms. The molecule has 6 heteroatoms. The molecule has 0 aromatic carbocycles. The maximum Gasteiger partial charge on any atom is 0.135 e. The maximum absolute atomic E-state index is 10.1. The third-order valence-electron chi connectivity index (χ3n) is 3.42. The number of hydrogen-bond donors (Lipinski definition) is 2. The molecule has 2 rings (SSSR count). The third-order valence-corrected chi connectivity index (χ3v) is 3.42. The molecule has 2 N–H and O–H groups in total. The molecule has 1 aromatic heterocycles. The second-order valence-electron chi connectivity index (χ2n) is 6.46. The number of β-amino-alcohol motifs (C(OH)–C–C–N with tert-alkyl or cyclic N) is 1. The fourth-order valence-electron chi connectivity index (χ4n) is 2.19. The smallest absolute Gasteiger partial charge is 0.135 e. The Kier molecular flexibility index (Phi) is 5.50. The van der Waals surface area contributed by atoms with Gasteiger partial charge in [0.1, 0.15) is 11.6 Å². The van der Waals surface area contributed by atoms with E-state index < -0.39 is 6.10 Å². The van der Waals surface area contributed by atoms with Gasteiger partial charge in [-0.15, -0.1) is 0 Å². The quantitative estimate of drug-likeness (QED) is 0.840. The van der Waals surface area contributed by atoms with E-state index in [1.54, 1.807) is 6.20 Å². The number of aromatic nitrogens is 2.